The maximum atomic E-state index is 12.7. The van der Waals surface area contributed by atoms with Crippen molar-refractivity contribution < 1.29 is 18.0 Å². The summed E-state index contributed by atoms with van der Waals surface area (Å²) in [5.74, 6) is -0.383. The van der Waals surface area contributed by atoms with E-state index in [1.165, 1.54) is 0 Å². The molecule has 24 heavy (non-hydrogen) atoms. The molecular weight excluding hydrogens is 341 g/mol. The van der Waals surface area contributed by atoms with Gasteiger partial charge in [0.2, 0.25) is 5.91 Å². The predicted octanol–water partition coefficient (Wildman–Crippen LogP) is 5.03. The fourth-order valence-corrected chi connectivity index (χ4v) is 2.22. The first-order valence-corrected chi connectivity index (χ1v) is 7.52. The average molecular weight is 357 g/mol. The monoisotopic (exact) mass is 356 g/mol. The van der Waals surface area contributed by atoms with Gasteiger partial charge >= 0.3 is 6.18 Å². The van der Waals surface area contributed by atoms with E-state index in [4.69, 9.17) is 11.6 Å². The molecule has 0 spiro atoms. The molecule has 7 heteroatoms. The standard InChI is InChI=1S/C17H16ClF3N2O/c1-10-3-5-13(7-11(10)2)23-16(24)9-22-15-8-12(17(19,20)21)4-6-14(15)18/h3-8,22H,9H2,1-2H3,(H,23,24). The minimum Gasteiger partial charge on any atom is -0.375 e. The molecule has 0 atom stereocenters. The third-order valence-electron chi connectivity index (χ3n) is 3.52. The van der Waals surface area contributed by atoms with Crippen molar-refractivity contribution in [3.63, 3.8) is 0 Å². The zero-order valence-electron chi connectivity index (χ0n) is 13.1. The van der Waals surface area contributed by atoms with Crippen LogP contribution in [0.5, 0.6) is 0 Å². The summed E-state index contributed by atoms with van der Waals surface area (Å²) >= 11 is 5.87. The molecule has 2 rings (SSSR count). The van der Waals surface area contributed by atoms with E-state index in [1.807, 2.05) is 26.0 Å². The molecule has 0 saturated heterocycles. The summed E-state index contributed by atoms with van der Waals surface area (Å²) in [4.78, 5) is 11.9. The number of alkyl halides is 3. The first-order chi connectivity index (χ1) is 11.2. The van der Waals surface area contributed by atoms with Crippen molar-refractivity contribution >= 4 is 28.9 Å². The highest BCUT2D eigenvalue weighted by molar-refractivity contribution is 6.33. The summed E-state index contributed by atoms with van der Waals surface area (Å²) in [7, 11) is 0. The van der Waals surface area contributed by atoms with Gasteiger partial charge in [0, 0.05) is 5.69 Å². The van der Waals surface area contributed by atoms with Crippen molar-refractivity contribution in [2.75, 3.05) is 17.2 Å². The van der Waals surface area contributed by atoms with Crippen LogP contribution in [0.15, 0.2) is 36.4 Å². The number of benzene rings is 2. The minimum absolute atomic E-state index is 0.0572. The number of aryl methyl sites for hydroxylation is 2. The Hall–Kier alpha value is -2.21. The van der Waals surface area contributed by atoms with E-state index >= 15 is 0 Å². The van der Waals surface area contributed by atoms with Crippen LogP contribution in [-0.2, 0) is 11.0 Å². The summed E-state index contributed by atoms with van der Waals surface area (Å²) in [6.45, 7) is 3.68. The van der Waals surface area contributed by atoms with Crippen LogP contribution < -0.4 is 10.6 Å². The van der Waals surface area contributed by atoms with Gasteiger partial charge < -0.3 is 10.6 Å². The summed E-state index contributed by atoms with van der Waals surface area (Å²) in [5.41, 5.74) is 1.98. The van der Waals surface area contributed by atoms with Crippen LogP contribution >= 0.6 is 11.6 Å². The molecule has 0 unspecified atom stereocenters. The Morgan fingerprint density at radius 2 is 1.79 bits per heavy atom. The van der Waals surface area contributed by atoms with E-state index in [9.17, 15) is 18.0 Å². The number of rotatable bonds is 4. The highest BCUT2D eigenvalue weighted by atomic mass is 35.5. The lowest BCUT2D eigenvalue weighted by Gasteiger charge is -2.13. The van der Waals surface area contributed by atoms with E-state index in [1.54, 1.807) is 6.07 Å². The Bertz CT molecular complexity index is 760. The molecule has 0 aliphatic carbocycles. The second kappa shape index (κ2) is 7.13. The van der Waals surface area contributed by atoms with Gasteiger partial charge in [-0.1, -0.05) is 17.7 Å². The molecule has 3 nitrogen and oxygen atoms in total. The minimum atomic E-state index is -4.47. The second-order valence-electron chi connectivity index (χ2n) is 5.39. The van der Waals surface area contributed by atoms with Crippen molar-refractivity contribution in [2.45, 2.75) is 20.0 Å². The molecule has 0 aliphatic rings. The lowest BCUT2D eigenvalue weighted by atomic mass is 10.1. The molecular formula is C17H16ClF3N2O. The normalized spacial score (nSPS) is 11.2. The van der Waals surface area contributed by atoms with Crippen LogP contribution in [0.3, 0.4) is 0 Å². The molecule has 128 valence electrons. The van der Waals surface area contributed by atoms with Crippen LogP contribution in [0.1, 0.15) is 16.7 Å². The topological polar surface area (TPSA) is 41.1 Å². The Kier molecular flexibility index (Phi) is 5.39. The van der Waals surface area contributed by atoms with Crippen molar-refractivity contribution in [2.24, 2.45) is 0 Å². The highest BCUT2D eigenvalue weighted by Gasteiger charge is 2.30. The molecule has 2 aromatic carbocycles. The van der Waals surface area contributed by atoms with Crippen LogP contribution in [0.2, 0.25) is 5.02 Å². The number of halogens is 4. The van der Waals surface area contributed by atoms with Crippen molar-refractivity contribution in [3.05, 3.63) is 58.1 Å². The largest absolute Gasteiger partial charge is 0.416 e. The number of hydrogen-bond acceptors (Lipinski definition) is 2. The number of hydrogen-bond donors (Lipinski definition) is 2. The summed E-state index contributed by atoms with van der Waals surface area (Å²) in [6, 6.07) is 8.38. The molecule has 2 aromatic rings. The Labute approximate surface area is 142 Å². The molecule has 0 saturated carbocycles. The lowest BCUT2D eigenvalue weighted by molar-refractivity contribution is -0.137. The number of amides is 1. The van der Waals surface area contributed by atoms with Gasteiger partial charge in [-0.15, -0.1) is 0 Å². The first kappa shape index (κ1) is 18.1. The maximum Gasteiger partial charge on any atom is 0.416 e. The molecule has 0 radical (unpaired) electrons. The van der Waals surface area contributed by atoms with Gasteiger partial charge in [0.15, 0.2) is 0 Å². The maximum absolute atomic E-state index is 12.7. The average Bonchev–Trinajstić information content (AvgIpc) is 2.49. The van der Waals surface area contributed by atoms with E-state index in [0.29, 0.717) is 5.69 Å². The molecule has 0 aromatic heterocycles. The third-order valence-corrected chi connectivity index (χ3v) is 3.85. The molecule has 0 aliphatic heterocycles. The van der Waals surface area contributed by atoms with E-state index < -0.39 is 11.7 Å². The third kappa shape index (κ3) is 4.64. The van der Waals surface area contributed by atoms with Crippen LogP contribution in [0.25, 0.3) is 0 Å². The van der Waals surface area contributed by atoms with Gasteiger partial charge in [-0.3, -0.25) is 4.79 Å². The summed E-state index contributed by atoms with van der Waals surface area (Å²) < 4.78 is 38.1. The van der Waals surface area contributed by atoms with Gasteiger partial charge in [0.25, 0.3) is 0 Å². The SMILES string of the molecule is Cc1ccc(NC(=O)CNc2cc(C(F)(F)F)ccc2Cl)cc1C. The van der Waals surface area contributed by atoms with Crippen molar-refractivity contribution in [1.29, 1.82) is 0 Å². The van der Waals surface area contributed by atoms with Gasteiger partial charge in [-0.05, 0) is 55.3 Å². The highest BCUT2D eigenvalue weighted by Crippen LogP contribution is 2.33. The summed E-state index contributed by atoms with van der Waals surface area (Å²) in [5, 5.41) is 5.42. The Morgan fingerprint density at radius 3 is 2.42 bits per heavy atom. The molecule has 2 N–H and O–H groups in total. The predicted molar refractivity (Wildman–Crippen MR) is 89.5 cm³/mol. The van der Waals surface area contributed by atoms with E-state index in [2.05, 4.69) is 10.6 Å². The summed E-state index contributed by atoms with van der Waals surface area (Å²) in [6.07, 6.45) is -4.47. The van der Waals surface area contributed by atoms with Crippen molar-refractivity contribution in [1.82, 2.24) is 0 Å². The number of carbonyl (C=O) groups excluding carboxylic acids is 1. The van der Waals surface area contributed by atoms with Crippen LogP contribution in [0.4, 0.5) is 24.5 Å². The second-order valence-corrected chi connectivity index (χ2v) is 5.80. The number of carbonyl (C=O) groups is 1. The first-order valence-electron chi connectivity index (χ1n) is 7.14. The Morgan fingerprint density at radius 1 is 1.08 bits per heavy atom. The van der Waals surface area contributed by atoms with Crippen molar-refractivity contribution in [3.8, 4) is 0 Å². The smallest absolute Gasteiger partial charge is 0.375 e. The van der Waals surface area contributed by atoms with Gasteiger partial charge in [-0.2, -0.15) is 13.2 Å². The molecule has 0 bridgehead atoms. The zero-order valence-corrected chi connectivity index (χ0v) is 13.8. The van der Waals surface area contributed by atoms with Gasteiger partial charge in [0.05, 0.1) is 22.8 Å². The van der Waals surface area contributed by atoms with Gasteiger partial charge in [-0.25, -0.2) is 0 Å². The number of nitrogens with one attached hydrogen (secondary N) is 2. The van der Waals surface area contributed by atoms with E-state index in [-0.39, 0.29) is 23.2 Å². The van der Waals surface area contributed by atoms with Gasteiger partial charge in [0.1, 0.15) is 0 Å². The number of anilines is 2. The molecule has 0 heterocycles. The Balaban J connectivity index is 2.02. The molecule has 0 fully saturated rings. The zero-order chi connectivity index (χ0) is 17.9. The molecule has 1 amide bonds. The fraction of sp³-hybridized carbons (Fsp3) is 0.235. The van der Waals surface area contributed by atoms with Crippen LogP contribution in [0, 0.1) is 13.8 Å². The van der Waals surface area contributed by atoms with E-state index in [0.717, 1.165) is 29.3 Å². The lowest BCUT2D eigenvalue weighted by Crippen LogP contribution is -2.22. The van der Waals surface area contributed by atoms with Crippen LogP contribution in [-0.4, -0.2) is 12.5 Å². The quantitative estimate of drug-likeness (QED) is 0.807. The fourth-order valence-electron chi connectivity index (χ4n) is 2.04.